The Hall–Kier alpha value is -4.20. The Labute approximate surface area is 209 Å². The van der Waals surface area contributed by atoms with Crippen LogP contribution in [0.25, 0.3) is 0 Å². The molecule has 0 radical (unpaired) electrons. The van der Waals surface area contributed by atoms with Crippen LogP contribution in [0, 0.1) is 6.92 Å². The smallest absolute Gasteiger partial charge is 0.325 e. The van der Waals surface area contributed by atoms with Crippen molar-refractivity contribution >= 4 is 23.6 Å². The minimum Gasteiger partial charge on any atom is -0.467 e. The first kappa shape index (κ1) is 23.5. The molecular weight excluding hydrogens is 456 g/mol. The number of rotatable bonds is 7. The fourth-order valence-corrected chi connectivity index (χ4v) is 4.95. The Morgan fingerprint density at radius 1 is 1.08 bits per heavy atom. The maximum absolute atomic E-state index is 13.6. The number of hydrazone groups is 1. The average molecular weight is 485 g/mol. The Bertz CT molecular complexity index is 1300. The average Bonchev–Trinajstić information content (AvgIpc) is 3.62. The summed E-state index contributed by atoms with van der Waals surface area (Å²) in [4.78, 5) is 41.2. The summed E-state index contributed by atoms with van der Waals surface area (Å²) in [5, 5.41) is 8.83. The molecule has 2 aromatic carbocycles. The van der Waals surface area contributed by atoms with Crippen LogP contribution in [0.5, 0.6) is 0 Å². The number of nitrogens with one attached hydrogen (secondary N) is 1. The molecule has 184 valence electrons. The van der Waals surface area contributed by atoms with E-state index >= 15 is 0 Å². The van der Waals surface area contributed by atoms with Crippen LogP contribution >= 0.6 is 0 Å². The number of urea groups is 1. The molecule has 1 fully saturated rings. The van der Waals surface area contributed by atoms with Gasteiger partial charge in [0.2, 0.25) is 0 Å². The normalized spacial score (nSPS) is 21.6. The first-order chi connectivity index (χ1) is 17.4. The fourth-order valence-electron chi connectivity index (χ4n) is 4.95. The molecular formula is C28H28N4O4. The molecule has 8 nitrogen and oxygen atoms in total. The molecule has 2 aliphatic heterocycles. The monoisotopic (exact) mass is 484 g/mol. The number of imide groups is 1. The number of nitrogens with zero attached hydrogens (tertiary/aromatic N) is 3. The molecule has 0 bridgehead atoms. The van der Waals surface area contributed by atoms with E-state index in [0.717, 1.165) is 21.7 Å². The summed E-state index contributed by atoms with van der Waals surface area (Å²) in [6, 6.07) is 19.6. The highest BCUT2D eigenvalue weighted by atomic mass is 16.3. The standard InChI is InChI=1S/C28H28N4O4/c1-3-15-28(21-8-5-4-6-9-21)26(34)31(27(35)29-28)18-25(33)32-23(24-10-7-16-36-24)17-22(30-32)20-13-11-19(2)12-14-20/h4-14,16,23H,3,15,17-18H2,1-2H3,(H,29,35)/t23-,28-/m0/s1. The molecule has 1 N–H and O–H groups in total. The van der Waals surface area contributed by atoms with Gasteiger partial charge in [-0.05, 0) is 36.6 Å². The Morgan fingerprint density at radius 3 is 2.50 bits per heavy atom. The lowest BCUT2D eigenvalue weighted by Gasteiger charge is -2.27. The summed E-state index contributed by atoms with van der Waals surface area (Å²) >= 11 is 0. The van der Waals surface area contributed by atoms with Crippen molar-refractivity contribution in [1.82, 2.24) is 15.2 Å². The van der Waals surface area contributed by atoms with E-state index in [-0.39, 0.29) is 0 Å². The van der Waals surface area contributed by atoms with Crippen molar-refractivity contribution in [3.8, 4) is 0 Å². The second-order valence-corrected chi connectivity index (χ2v) is 9.23. The summed E-state index contributed by atoms with van der Waals surface area (Å²) in [7, 11) is 0. The highest BCUT2D eigenvalue weighted by Gasteiger charge is 2.52. The molecule has 2 atom stereocenters. The summed E-state index contributed by atoms with van der Waals surface area (Å²) in [5.41, 5.74) is 2.30. The molecule has 0 saturated carbocycles. The topological polar surface area (TPSA) is 95.2 Å². The molecule has 3 heterocycles. The van der Waals surface area contributed by atoms with Gasteiger partial charge >= 0.3 is 6.03 Å². The zero-order valence-electron chi connectivity index (χ0n) is 20.3. The third-order valence-corrected chi connectivity index (χ3v) is 6.78. The van der Waals surface area contributed by atoms with Crippen LogP contribution in [0.2, 0.25) is 0 Å². The van der Waals surface area contributed by atoms with Crippen molar-refractivity contribution in [3.63, 3.8) is 0 Å². The van der Waals surface area contributed by atoms with E-state index in [1.165, 1.54) is 5.01 Å². The van der Waals surface area contributed by atoms with Gasteiger partial charge in [-0.15, -0.1) is 0 Å². The molecule has 1 aromatic heterocycles. The quantitative estimate of drug-likeness (QED) is 0.499. The van der Waals surface area contributed by atoms with Gasteiger partial charge in [-0.25, -0.2) is 9.80 Å². The van der Waals surface area contributed by atoms with E-state index < -0.39 is 36.0 Å². The van der Waals surface area contributed by atoms with Gasteiger partial charge in [0, 0.05) is 6.42 Å². The highest BCUT2D eigenvalue weighted by Crippen LogP contribution is 2.36. The zero-order chi connectivity index (χ0) is 25.3. The fraction of sp³-hybridized carbons (Fsp3) is 0.286. The Kier molecular flexibility index (Phi) is 6.18. The van der Waals surface area contributed by atoms with Crippen molar-refractivity contribution in [2.45, 2.75) is 44.7 Å². The van der Waals surface area contributed by atoms with Crippen LogP contribution in [0.3, 0.4) is 0 Å². The molecule has 0 spiro atoms. The van der Waals surface area contributed by atoms with Crippen LogP contribution in [0.15, 0.2) is 82.5 Å². The van der Waals surface area contributed by atoms with Gasteiger partial charge in [-0.1, -0.05) is 73.5 Å². The molecule has 0 aliphatic carbocycles. The third-order valence-electron chi connectivity index (χ3n) is 6.78. The maximum Gasteiger partial charge on any atom is 0.325 e. The Morgan fingerprint density at radius 2 is 1.83 bits per heavy atom. The largest absolute Gasteiger partial charge is 0.467 e. The van der Waals surface area contributed by atoms with Crippen LogP contribution in [-0.4, -0.2) is 40.0 Å². The van der Waals surface area contributed by atoms with E-state index in [4.69, 9.17) is 4.42 Å². The predicted molar refractivity (Wildman–Crippen MR) is 134 cm³/mol. The number of hydrogen-bond donors (Lipinski definition) is 1. The molecule has 0 unspecified atom stereocenters. The molecule has 4 amide bonds. The lowest BCUT2D eigenvalue weighted by molar-refractivity contribution is -0.140. The summed E-state index contributed by atoms with van der Waals surface area (Å²) < 4.78 is 5.61. The molecule has 36 heavy (non-hydrogen) atoms. The van der Waals surface area contributed by atoms with Crippen LogP contribution in [-0.2, 0) is 15.1 Å². The van der Waals surface area contributed by atoms with E-state index in [1.54, 1.807) is 18.4 Å². The molecule has 5 rings (SSSR count). The minimum absolute atomic E-state index is 0.412. The predicted octanol–water partition coefficient (Wildman–Crippen LogP) is 4.51. The number of furan rings is 1. The second kappa shape index (κ2) is 9.45. The van der Waals surface area contributed by atoms with E-state index in [2.05, 4.69) is 10.4 Å². The summed E-state index contributed by atoms with van der Waals surface area (Å²) in [6.45, 7) is 3.55. The van der Waals surface area contributed by atoms with E-state index in [1.807, 2.05) is 68.4 Å². The zero-order valence-corrected chi connectivity index (χ0v) is 20.3. The molecule has 8 heteroatoms. The highest BCUT2D eigenvalue weighted by molar-refractivity contribution is 6.10. The minimum atomic E-state index is -1.19. The molecule has 3 aromatic rings. The van der Waals surface area contributed by atoms with E-state index in [0.29, 0.717) is 30.6 Å². The summed E-state index contributed by atoms with van der Waals surface area (Å²) in [6.07, 6.45) is 3.13. The van der Waals surface area contributed by atoms with Gasteiger partial charge in [0.25, 0.3) is 11.8 Å². The van der Waals surface area contributed by atoms with Gasteiger partial charge in [0.05, 0.1) is 12.0 Å². The van der Waals surface area contributed by atoms with E-state index in [9.17, 15) is 14.4 Å². The van der Waals surface area contributed by atoms with Gasteiger partial charge in [0.1, 0.15) is 23.9 Å². The van der Waals surface area contributed by atoms with Crippen LogP contribution < -0.4 is 5.32 Å². The number of hydrogen-bond acceptors (Lipinski definition) is 5. The van der Waals surface area contributed by atoms with Crippen molar-refractivity contribution in [2.24, 2.45) is 5.10 Å². The van der Waals surface area contributed by atoms with Crippen molar-refractivity contribution < 1.29 is 18.8 Å². The lowest BCUT2D eigenvalue weighted by Crippen LogP contribution is -2.45. The SMILES string of the molecule is CCC[C@@]1(c2ccccc2)NC(=O)N(CC(=O)N2N=C(c3ccc(C)cc3)C[C@H]2c2ccco2)C1=O. The molecule has 2 aliphatic rings. The third kappa shape index (κ3) is 4.08. The maximum atomic E-state index is 13.6. The Balaban J connectivity index is 1.43. The van der Waals surface area contributed by atoms with Crippen molar-refractivity contribution in [1.29, 1.82) is 0 Å². The first-order valence-electron chi connectivity index (χ1n) is 12.1. The first-order valence-corrected chi connectivity index (χ1v) is 12.1. The number of carbonyl (C=O) groups excluding carboxylic acids is 3. The van der Waals surface area contributed by atoms with Crippen molar-refractivity contribution in [3.05, 3.63) is 95.4 Å². The number of amides is 4. The van der Waals surface area contributed by atoms with Gasteiger partial charge in [-0.2, -0.15) is 5.10 Å². The van der Waals surface area contributed by atoms with Crippen LogP contribution in [0.4, 0.5) is 4.79 Å². The van der Waals surface area contributed by atoms with Crippen LogP contribution in [0.1, 0.15) is 54.7 Å². The van der Waals surface area contributed by atoms with Gasteiger partial charge < -0.3 is 9.73 Å². The second-order valence-electron chi connectivity index (χ2n) is 9.23. The van der Waals surface area contributed by atoms with Gasteiger partial charge in [0.15, 0.2) is 0 Å². The molecule has 1 saturated heterocycles. The summed E-state index contributed by atoms with van der Waals surface area (Å²) in [5.74, 6) is -0.288. The number of aryl methyl sites for hydroxylation is 1. The van der Waals surface area contributed by atoms with Gasteiger partial charge in [-0.3, -0.25) is 14.5 Å². The number of carbonyl (C=O) groups is 3. The number of benzene rings is 2. The lowest BCUT2D eigenvalue weighted by atomic mass is 9.85. The van der Waals surface area contributed by atoms with Crippen molar-refractivity contribution in [2.75, 3.05) is 6.54 Å².